The molecule has 0 unspecified atom stereocenters. The highest BCUT2D eigenvalue weighted by molar-refractivity contribution is 5.31. The zero-order chi connectivity index (χ0) is 17.5. The van der Waals surface area contributed by atoms with Crippen molar-refractivity contribution in [2.45, 2.75) is 32.1 Å². The zero-order valence-electron chi connectivity index (χ0n) is 15.4. The maximum absolute atomic E-state index is 5.88. The molecule has 1 aromatic heterocycles. The summed E-state index contributed by atoms with van der Waals surface area (Å²) < 4.78 is 13.5. The summed E-state index contributed by atoms with van der Waals surface area (Å²) in [5.41, 5.74) is 1.36. The number of benzene rings is 1. The molecule has 5 heteroatoms. The largest absolute Gasteiger partial charge is 0.494 e. The first-order valence-corrected chi connectivity index (χ1v) is 9.32. The van der Waals surface area contributed by atoms with Crippen molar-refractivity contribution in [2.24, 2.45) is 7.05 Å². The molecule has 1 aliphatic rings. The molecule has 5 nitrogen and oxygen atoms in total. The number of nitrogens with zero attached hydrogens (tertiary/aromatic N) is 3. The predicted octanol–water partition coefficient (Wildman–Crippen LogP) is 3.47. The molecule has 136 valence electrons. The summed E-state index contributed by atoms with van der Waals surface area (Å²) in [6.45, 7) is 6.83. The molecule has 0 spiro atoms. The molecule has 0 atom stereocenters. The van der Waals surface area contributed by atoms with E-state index in [4.69, 9.17) is 9.47 Å². The predicted molar refractivity (Wildman–Crippen MR) is 99.3 cm³/mol. The number of aryl methyl sites for hydroxylation is 1. The molecule has 1 aromatic carbocycles. The summed E-state index contributed by atoms with van der Waals surface area (Å²) in [6, 6.07) is 10.1. The number of piperidine rings is 1. The van der Waals surface area contributed by atoms with Gasteiger partial charge in [-0.25, -0.2) is 0 Å². The minimum absolute atomic E-state index is 0.639. The maximum Gasteiger partial charge on any atom is 0.119 e. The molecule has 0 radical (unpaired) electrons. The number of hydrogen-bond acceptors (Lipinski definition) is 4. The monoisotopic (exact) mass is 343 g/mol. The van der Waals surface area contributed by atoms with Gasteiger partial charge in [-0.2, -0.15) is 5.10 Å². The molecule has 3 rings (SSSR count). The first-order valence-electron chi connectivity index (χ1n) is 9.32. The highest BCUT2D eigenvalue weighted by Crippen LogP contribution is 2.27. The van der Waals surface area contributed by atoms with Crippen LogP contribution in [0.25, 0.3) is 0 Å². The lowest BCUT2D eigenvalue weighted by atomic mass is 9.93. The van der Waals surface area contributed by atoms with E-state index in [1.165, 1.54) is 18.5 Å². The van der Waals surface area contributed by atoms with Gasteiger partial charge >= 0.3 is 0 Å². The van der Waals surface area contributed by atoms with Crippen molar-refractivity contribution >= 4 is 0 Å². The Bertz CT molecular complexity index is 631. The van der Waals surface area contributed by atoms with Gasteiger partial charge in [0.1, 0.15) is 18.1 Å². The second-order valence-electron chi connectivity index (χ2n) is 6.66. The lowest BCUT2D eigenvalue weighted by Gasteiger charge is -2.31. The Morgan fingerprint density at radius 1 is 1.00 bits per heavy atom. The number of ether oxygens (including phenoxy) is 2. The summed E-state index contributed by atoms with van der Waals surface area (Å²) in [4.78, 5) is 2.49. The van der Waals surface area contributed by atoms with E-state index < -0.39 is 0 Å². The van der Waals surface area contributed by atoms with E-state index >= 15 is 0 Å². The van der Waals surface area contributed by atoms with Crippen molar-refractivity contribution in [3.05, 3.63) is 42.2 Å². The van der Waals surface area contributed by atoms with Crippen molar-refractivity contribution in [3.63, 3.8) is 0 Å². The molecule has 0 bridgehead atoms. The molecule has 1 fully saturated rings. The summed E-state index contributed by atoms with van der Waals surface area (Å²) in [5, 5.41) is 4.29. The summed E-state index contributed by atoms with van der Waals surface area (Å²) in [5.74, 6) is 2.46. The Kier molecular flexibility index (Phi) is 6.34. The van der Waals surface area contributed by atoms with Crippen LogP contribution in [-0.4, -0.2) is 47.5 Å². The fraction of sp³-hybridized carbons (Fsp3) is 0.550. The van der Waals surface area contributed by atoms with Crippen LogP contribution in [0.3, 0.4) is 0 Å². The summed E-state index contributed by atoms with van der Waals surface area (Å²) >= 11 is 0. The molecule has 1 aliphatic heterocycles. The van der Waals surface area contributed by atoms with E-state index in [1.807, 2.05) is 42.2 Å². The van der Waals surface area contributed by atoms with E-state index in [2.05, 4.69) is 23.0 Å². The van der Waals surface area contributed by atoms with Crippen molar-refractivity contribution < 1.29 is 9.47 Å². The Balaban J connectivity index is 1.36. The number of hydrogen-bond donors (Lipinski definition) is 0. The van der Waals surface area contributed by atoms with E-state index in [0.717, 1.165) is 50.8 Å². The second-order valence-corrected chi connectivity index (χ2v) is 6.66. The van der Waals surface area contributed by atoms with Gasteiger partial charge in [0.2, 0.25) is 0 Å². The smallest absolute Gasteiger partial charge is 0.119 e. The Morgan fingerprint density at radius 2 is 1.64 bits per heavy atom. The van der Waals surface area contributed by atoms with E-state index in [-0.39, 0.29) is 0 Å². The molecular weight excluding hydrogens is 314 g/mol. The summed E-state index contributed by atoms with van der Waals surface area (Å²) in [7, 11) is 2.04. The van der Waals surface area contributed by atoms with Crippen LogP contribution in [0.4, 0.5) is 0 Å². The van der Waals surface area contributed by atoms with E-state index in [9.17, 15) is 0 Å². The van der Waals surface area contributed by atoms with Crippen molar-refractivity contribution in [1.29, 1.82) is 0 Å². The lowest BCUT2D eigenvalue weighted by Crippen LogP contribution is -2.36. The molecular formula is C20H29N3O2. The van der Waals surface area contributed by atoms with Crippen LogP contribution in [0.15, 0.2) is 36.5 Å². The molecule has 0 amide bonds. The third-order valence-electron chi connectivity index (χ3n) is 4.84. The van der Waals surface area contributed by atoms with Crippen LogP contribution in [-0.2, 0) is 7.05 Å². The normalized spacial score (nSPS) is 16.1. The first kappa shape index (κ1) is 17.8. The Morgan fingerprint density at radius 3 is 2.20 bits per heavy atom. The van der Waals surface area contributed by atoms with Gasteiger partial charge in [0.25, 0.3) is 0 Å². The molecule has 0 aliphatic carbocycles. The molecule has 0 saturated carbocycles. The minimum atomic E-state index is 0.639. The number of aromatic nitrogens is 2. The lowest BCUT2D eigenvalue weighted by molar-refractivity contribution is 0.171. The molecule has 2 aromatic rings. The summed E-state index contributed by atoms with van der Waals surface area (Å²) in [6.07, 6.45) is 5.32. The minimum Gasteiger partial charge on any atom is -0.494 e. The first-order chi connectivity index (χ1) is 12.3. The standard InChI is InChI=1S/C20H29N3O2/c1-3-15-24-18-4-6-19(7-5-18)25-16-14-23-12-9-17(10-13-23)20-8-11-21-22(20)2/h4-8,11,17H,3,9-10,12-16H2,1-2H3. The van der Waals surface area contributed by atoms with Crippen LogP contribution < -0.4 is 9.47 Å². The average Bonchev–Trinajstić information content (AvgIpc) is 3.08. The molecule has 0 N–H and O–H groups in total. The van der Waals surface area contributed by atoms with Crippen molar-refractivity contribution in [3.8, 4) is 11.5 Å². The van der Waals surface area contributed by atoms with E-state index in [1.54, 1.807) is 0 Å². The van der Waals surface area contributed by atoms with Crippen LogP contribution in [0.2, 0.25) is 0 Å². The van der Waals surface area contributed by atoms with Gasteiger partial charge in [-0.05, 0) is 62.7 Å². The third-order valence-corrected chi connectivity index (χ3v) is 4.84. The van der Waals surface area contributed by atoms with E-state index in [0.29, 0.717) is 5.92 Å². The van der Waals surface area contributed by atoms with Gasteiger partial charge in [-0.15, -0.1) is 0 Å². The van der Waals surface area contributed by atoms with Crippen LogP contribution in [0, 0.1) is 0 Å². The second kappa shape index (κ2) is 8.90. The van der Waals surface area contributed by atoms with Crippen LogP contribution in [0.5, 0.6) is 11.5 Å². The molecule has 1 saturated heterocycles. The van der Waals surface area contributed by atoms with Crippen molar-refractivity contribution in [1.82, 2.24) is 14.7 Å². The Labute approximate surface area is 150 Å². The molecule has 25 heavy (non-hydrogen) atoms. The quantitative estimate of drug-likeness (QED) is 0.736. The fourth-order valence-electron chi connectivity index (χ4n) is 3.38. The van der Waals surface area contributed by atoms with Gasteiger partial charge in [0.05, 0.1) is 6.61 Å². The maximum atomic E-state index is 5.88. The highest BCUT2D eigenvalue weighted by atomic mass is 16.5. The van der Waals surface area contributed by atoms with Gasteiger partial charge < -0.3 is 9.47 Å². The van der Waals surface area contributed by atoms with Crippen molar-refractivity contribution in [2.75, 3.05) is 32.8 Å². The molecule has 2 heterocycles. The van der Waals surface area contributed by atoms with Gasteiger partial charge in [-0.3, -0.25) is 9.58 Å². The fourth-order valence-corrected chi connectivity index (χ4v) is 3.38. The Hall–Kier alpha value is -2.01. The van der Waals surface area contributed by atoms with Crippen LogP contribution in [0.1, 0.15) is 37.8 Å². The van der Waals surface area contributed by atoms with Gasteiger partial charge in [0, 0.05) is 31.4 Å². The SMILES string of the molecule is CCCOc1ccc(OCCN2CCC(c3ccnn3C)CC2)cc1. The number of likely N-dealkylation sites (tertiary alicyclic amines) is 1. The van der Waals surface area contributed by atoms with Crippen LogP contribution >= 0.6 is 0 Å². The number of rotatable bonds is 8. The van der Waals surface area contributed by atoms with Gasteiger partial charge in [-0.1, -0.05) is 6.92 Å². The average molecular weight is 343 g/mol. The topological polar surface area (TPSA) is 39.5 Å². The zero-order valence-corrected chi connectivity index (χ0v) is 15.4. The third kappa shape index (κ3) is 4.98. The van der Waals surface area contributed by atoms with Gasteiger partial charge in [0.15, 0.2) is 0 Å². The highest BCUT2D eigenvalue weighted by Gasteiger charge is 2.22.